The van der Waals surface area contributed by atoms with Gasteiger partial charge in [0, 0.05) is 56.3 Å². The van der Waals surface area contributed by atoms with E-state index in [1.807, 2.05) is 11.8 Å². The molecule has 1 N–H and O–H groups in total. The van der Waals surface area contributed by atoms with Crippen molar-refractivity contribution in [2.75, 3.05) is 32.7 Å². The Labute approximate surface area is 255 Å². The second-order valence-electron chi connectivity index (χ2n) is 14.6. The lowest BCUT2D eigenvalue weighted by Crippen LogP contribution is -2.61. The molecular formula is C33H50F2N4O4. The molecule has 2 aliphatic heterocycles. The van der Waals surface area contributed by atoms with Gasteiger partial charge in [-0.25, -0.2) is 13.6 Å². The number of likely N-dealkylation sites (tertiary alicyclic amines) is 1. The zero-order valence-electron chi connectivity index (χ0n) is 26.9. The zero-order chi connectivity index (χ0) is 31.7. The fourth-order valence-electron chi connectivity index (χ4n) is 6.90. The van der Waals surface area contributed by atoms with Gasteiger partial charge in [-0.05, 0) is 78.9 Å². The number of ether oxygens (including phenoxy) is 1. The molecule has 1 saturated carbocycles. The summed E-state index contributed by atoms with van der Waals surface area (Å²) in [6, 6.07) is 2.66. The number of benzene rings is 1. The van der Waals surface area contributed by atoms with Crippen molar-refractivity contribution in [3.05, 3.63) is 35.4 Å². The van der Waals surface area contributed by atoms with Crippen LogP contribution in [0.15, 0.2) is 18.2 Å². The highest BCUT2D eigenvalue weighted by Crippen LogP contribution is 2.39. The molecule has 10 heteroatoms. The number of amides is 3. The Balaban J connectivity index is 1.49. The first-order chi connectivity index (χ1) is 20.0. The van der Waals surface area contributed by atoms with Crippen LogP contribution in [0.1, 0.15) is 92.1 Å². The predicted molar refractivity (Wildman–Crippen MR) is 161 cm³/mol. The molecule has 0 bridgehead atoms. The molecule has 1 aromatic rings. The topological polar surface area (TPSA) is 82.2 Å². The van der Waals surface area contributed by atoms with Crippen molar-refractivity contribution in [3.63, 3.8) is 0 Å². The number of piperazine rings is 1. The van der Waals surface area contributed by atoms with Crippen molar-refractivity contribution in [3.8, 4) is 0 Å². The number of nitrogens with zero attached hydrogens (tertiary/aromatic N) is 3. The van der Waals surface area contributed by atoms with E-state index in [9.17, 15) is 23.2 Å². The van der Waals surface area contributed by atoms with Gasteiger partial charge in [-0.2, -0.15) is 0 Å². The lowest BCUT2D eigenvalue weighted by Gasteiger charge is -2.43. The van der Waals surface area contributed by atoms with Crippen molar-refractivity contribution >= 4 is 17.9 Å². The highest BCUT2D eigenvalue weighted by molar-refractivity contribution is 5.87. The maximum Gasteiger partial charge on any atom is 0.408 e. The molecule has 1 aromatic carbocycles. The van der Waals surface area contributed by atoms with Gasteiger partial charge in [0.05, 0.1) is 5.92 Å². The molecule has 2 heterocycles. The summed E-state index contributed by atoms with van der Waals surface area (Å²) in [5, 5.41) is 2.89. The van der Waals surface area contributed by atoms with Gasteiger partial charge in [0.1, 0.15) is 23.3 Å². The first-order valence-corrected chi connectivity index (χ1v) is 15.8. The number of hydrogen-bond donors (Lipinski definition) is 1. The minimum Gasteiger partial charge on any atom is -0.444 e. The van der Waals surface area contributed by atoms with Crippen LogP contribution in [0, 0.1) is 23.5 Å². The Morgan fingerprint density at radius 3 is 2.21 bits per heavy atom. The van der Waals surface area contributed by atoms with E-state index in [2.05, 4.69) is 31.0 Å². The van der Waals surface area contributed by atoms with Crippen LogP contribution < -0.4 is 5.32 Å². The summed E-state index contributed by atoms with van der Waals surface area (Å²) in [5.74, 6) is -2.35. The molecule has 1 unspecified atom stereocenters. The summed E-state index contributed by atoms with van der Waals surface area (Å²) < 4.78 is 34.2. The Hall–Kier alpha value is -2.75. The number of rotatable bonds is 5. The van der Waals surface area contributed by atoms with Gasteiger partial charge in [0.15, 0.2) is 0 Å². The van der Waals surface area contributed by atoms with Gasteiger partial charge in [-0.3, -0.25) is 14.5 Å². The molecule has 4 atom stereocenters. The fraction of sp³-hybridized carbons (Fsp3) is 0.727. The summed E-state index contributed by atoms with van der Waals surface area (Å²) in [5.41, 5.74) is -0.547. The van der Waals surface area contributed by atoms with Gasteiger partial charge in [0.25, 0.3) is 0 Å². The molecule has 0 aromatic heterocycles. The molecule has 3 aliphatic rings. The van der Waals surface area contributed by atoms with E-state index in [0.717, 1.165) is 38.2 Å². The molecule has 240 valence electrons. The second kappa shape index (κ2) is 13.1. The third kappa shape index (κ3) is 8.05. The van der Waals surface area contributed by atoms with Crippen LogP contribution in [0.25, 0.3) is 0 Å². The Kier molecular flexibility index (Phi) is 10.1. The lowest BCUT2D eigenvalue weighted by molar-refractivity contribution is -0.147. The SMILES string of the molecule is C[C@H]1CN(C(=O)C(NC(=O)OC(C)(C)C)C2CCCCC2)CCN1C(=O)[C@@H]1CN(C(C)(C)C)C[C@H]1c1ccc(F)cc1F. The van der Waals surface area contributed by atoms with Crippen molar-refractivity contribution in [1.29, 1.82) is 0 Å². The molecule has 3 amide bonds. The maximum atomic E-state index is 15.0. The van der Waals surface area contributed by atoms with E-state index >= 15 is 0 Å². The minimum absolute atomic E-state index is 0.0389. The van der Waals surface area contributed by atoms with Crippen LogP contribution in [0.2, 0.25) is 0 Å². The number of hydrogen-bond acceptors (Lipinski definition) is 5. The molecular weight excluding hydrogens is 554 g/mol. The molecule has 3 fully saturated rings. The summed E-state index contributed by atoms with van der Waals surface area (Å²) in [4.78, 5) is 46.5. The average Bonchev–Trinajstić information content (AvgIpc) is 3.36. The summed E-state index contributed by atoms with van der Waals surface area (Å²) in [7, 11) is 0. The maximum absolute atomic E-state index is 15.0. The quantitative estimate of drug-likeness (QED) is 0.493. The summed E-state index contributed by atoms with van der Waals surface area (Å²) in [6.07, 6.45) is 4.30. The normalized spacial score (nSPS) is 25.0. The van der Waals surface area contributed by atoms with E-state index in [1.54, 1.807) is 25.7 Å². The van der Waals surface area contributed by atoms with Gasteiger partial charge in [-0.15, -0.1) is 0 Å². The van der Waals surface area contributed by atoms with Crippen LogP contribution in [-0.4, -0.2) is 88.6 Å². The van der Waals surface area contributed by atoms with E-state index in [-0.39, 0.29) is 29.3 Å². The van der Waals surface area contributed by atoms with Crippen LogP contribution >= 0.6 is 0 Å². The molecule has 43 heavy (non-hydrogen) atoms. The first-order valence-electron chi connectivity index (χ1n) is 15.8. The molecule has 8 nitrogen and oxygen atoms in total. The Morgan fingerprint density at radius 1 is 0.953 bits per heavy atom. The highest BCUT2D eigenvalue weighted by Gasteiger charge is 2.46. The third-order valence-electron chi connectivity index (χ3n) is 9.23. The van der Waals surface area contributed by atoms with Crippen molar-refractivity contribution in [2.45, 2.75) is 110 Å². The van der Waals surface area contributed by atoms with E-state index in [0.29, 0.717) is 38.3 Å². The van der Waals surface area contributed by atoms with E-state index in [4.69, 9.17) is 4.74 Å². The fourth-order valence-corrected chi connectivity index (χ4v) is 6.90. The van der Waals surface area contributed by atoms with Crippen LogP contribution in [0.3, 0.4) is 0 Å². The van der Waals surface area contributed by atoms with Crippen LogP contribution in [0.4, 0.5) is 13.6 Å². The van der Waals surface area contributed by atoms with E-state index < -0.39 is 41.2 Å². The minimum atomic E-state index is -0.678. The highest BCUT2D eigenvalue weighted by atomic mass is 19.1. The van der Waals surface area contributed by atoms with Crippen LogP contribution in [-0.2, 0) is 14.3 Å². The monoisotopic (exact) mass is 604 g/mol. The second-order valence-corrected chi connectivity index (χ2v) is 14.6. The van der Waals surface area contributed by atoms with Gasteiger partial charge < -0.3 is 19.9 Å². The van der Waals surface area contributed by atoms with Crippen molar-refractivity contribution in [2.24, 2.45) is 11.8 Å². The largest absolute Gasteiger partial charge is 0.444 e. The molecule has 0 spiro atoms. The molecule has 1 aliphatic carbocycles. The number of halogens is 2. The zero-order valence-corrected chi connectivity index (χ0v) is 26.9. The van der Waals surface area contributed by atoms with Gasteiger partial charge in [0.2, 0.25) is 11.8 Å². The number of nitrogens with one attached hydrogen (secondary N) is 1. The van der Waals surface area contributed by atoms with Crippen molar-refractivity contribution in [1.82, 2.24) is 20.0 Å². The number of carbonyl (C=O) groups excluding carboxylic acids is 3. The standard InChI is InChI=1S/C33H50F2N4O4/c1-21-18-37(30(41)28(22-11-9-8-10-12-22)36-31(42)43-33(5,6)7)15-16-39(21)29(40)26-20-38(32(2,3)4)19-25(26)24-14-13-23(34)17-27(24)35/h13-14,17,21-22,25-26,28H,8-12,15-16,18-20H2,1-7H3,(H,36,42)/t21-,25-,26+,28?/m0/s1. The van der Waals surface area contributed by atoms with Gasteiger partial charge >= 0.3 is 6.09 Å². The van der Waals surface area contributed by atoms with Gasteiger partial charge in [-0.1, -0.05) is 25.3 Å². The number of carbonyl (C=O) groups is 3. The molecule has 4 rings (SSSR count). The molecule has 0 radical (unpaired) electrons. The van der Waals surface area contributed by atoms with E-state index in [1.165, 1.54) is 12.1 Å². The third-order valence-corrected chi connectivity index (χ3v) is 9.23. The smallest absolute Gasteiger partial charge is 0.408 e. The summed E-state index contributed by atoms with van der Waals surface area (Å²) >= 11 is 0. The first kappa shape index (κ1) is 33.1. The predicted octanol–water partition coefficient (Wildman–Crippen LogP) is 5.31. The lowest BCUT2D eigenvalue weighted by atomic mass is 9.83. The molecule has 2 saturated heterocycles. The van der Waals surface area contributed by atoms with Crippen molar-refractivity contribution < 1.29 is 27.9 Å². The number of alkyl carbamates (subject to hydrolysis) is 1. The Bertz CT molecular complexity index is 1170. The van der Waals surface area contributed by atoms with Crippen LogP contribution in [0.5, 0.6) is 0 Å². The Morgan fingerprint density at radius 2 is 1.63 bits per heavy atom. The summed E-state index contributed by atoms with van der Waals surface area (Å²) in [6.45, 7) is 15.5. The average molecular weight is 605 g/mol.